The predicted molar refractivity (Wildman–Crippen MR) is 67.2 cm³/mol. The summed E-state index contributed by atoms with van der Waals surface area (Å²) < 4.78 is 12.4. The highest BCUT2D eigenvalue weighted by Crippen LogP contribution is 2.28. The van der Waals surface area contributed by atoms with Crippen LogP contribution in [0.25, 0.3) is 22.7 Å². The zero-order chi connectivity index (χ0) is 12.7. The van der Waals surface area contributed by atoms with Crippen LogP contribution in [0.2, 0.25) is 0 Å². The molecular weight excluding hydrogens is 232 g/mol. The van der Waals surface area contributed by atoms with Gasteiger partial charge in [-0.15, -0.1) is 0 Å². The number of aryl methyl sites for hydroxylation is 1. The number of rotatable bonds is 2. The van der Waals surface area contributed by atoms with Crippen molar-refractivity contribution in [3.05, 3.63) is 24.3 Å². The van der Waals surface area contributed by atoms with E-state index in [-0.39, 0.29) is 0 Å². The van der Waals surface area contributed by atoms with Gasteiger partial charge in [-0.3, -0.25) is 0 Å². The normalized spacial score (nSPS) is 11.0. The Morgan fingerprint density at radius 2 is 2.22 bits per heavy atom. The Bertz CT molecular complexity index is 714. The molecule has 2 N–H and O–H groups in total. The van der Waals surface area contributed by atoms with Gasteiger partial charge in [0.05, 0.1) is 12.8 Å². The Hall–Kier alpha value is -2.50. The summed E-state index contributed by atoms with van der Waals surface area (Å²) in [5.74, 6) is 1.07. The largest absolute Gasteiger partial charge is 0.481 e. The Kier molecular flexibility index (Phi) is 2.22. The van der Waals surface area contributed by atoms with Gasteiger partial charge in [0.15, 0.2) is 11.3 Å². The van der Waals surface area contributed by atoms with E-state index in [9.17, 15) is 0 Å². The summed E-state index contributed by atoms with van der Waals surface area (Å²) >= 11 is 0. The maximum absolute atomic E-state index is 5.84. The second kappa shape index (κ2) is 3.76. The number of nitrogens with zero attached hydrogens (tertiary/aromatic N) is 3. The summed E-state index contributed by atoms with van der Waals surface area (Å²) in [6.45, 7) is 0. The van der Waals surface area contributed by atoms with Gasteiger partial charge in [-0.2, -0.15) is 5.10 Å². The molecule has 2 aromatic heterocycles. The molecule has 0 aliphatic rings. The van der Waals surface area contributed by atoms with Crippen LogP contribution in [0.1, 0.15) is 0 Å². The third kappa shape index (κ3) is 1.50. The number of anilines is 1. The molecule has 0 aliphatic carbocycles. The Balaban J connectivity index is 2.16. The molecule has 0 bridgehead atoms. The third-order valence-electron chi connectivity index (χ3n) is 2.72. The molecule has 6 heteroatoms. The summed E-state index contributed by atoms with van der Waals surface area (Å²) in [6, 6.07) is 7.20. The van der Waals surface area contributed by atoms with Crippen molar-refractivity contribution in [1.29, 1.82) is 0 Å². The van der Waals surface area contributed by atoms with Crippen molar-refractivity contribution in [2.75, 3.05) is 12.8 Å². The van der Waals surface area contributed by atoms with E-state index in [4.69, 9.17) is 14.9 Å². The van der Waals surface area contributed by atoms with Crippen molar-refractivity contribution in [3.8, 4) is 17.5 Å². The first-order chi connectivity index (χ1) is 8.69. The molecular formula is C12H12N4O2. The number of hydrogen-bond donors (Lipinski definition) is 1. The average Bonchev–Trinajstić information content (AvgIpc) is 2.93. The molecule has 0 unspecified atom stereocenters. The fourth-order valence-corrected chi connectivity index (χ4v) is 1.83. The second-order valence-electron chi connectivity index (χ2n) is 3.91. The van der Waals surface area contributed by atoms with Gasteiger partial charge in [0.1, 0.15) is 5.52 Å². The number of ether oxygens (including phenoxy) is 1. The van der Waals surface area contributed by atoms with Crippen LogP contribution < -0.4 is 10.5 Å². The van der Waals surface area contributed by atoms with E-state index in [0.717, 1.165) is 0 Å². The molecule has 0 radical (unpaired) electrons. The van der Waals surface area contributed by atoms with Crippen LogP contribution in [0.5, 0.6) is 5.88 Å². The molecule has 3 rings (SSSR count). The number of aromatic nitrogens is 3. The van der Waals surface area contributed by atoms with Crippen LogP contribution >= 0.6 is 0 Å². The Labute approximate surface area is 103 Å². The average molecular weight is 244 g/mol. The number of fused-ring (bicyclic) bond motifs is 1. The van der Waals surface area contributed by atoms with E-state index >= 15 is 0 Å². The van der Waals surface area contributed by atoms with Crippen molar-refractivity contribution >= 4 is 16.8 Å². The number of oxazole rings is 1. The first-order valence-corrected chi connectivity index (χ1v) is 5.42. The number of para-hydroxylation sites is 1. The monoisotopic (exact) mass is 244 g/mol. The van der Waals surface area contributed by atoms with Crippen molar-refractivity contribution in [2.24, 2.45) is 7.05 Å². The number of nitrogen functional groups attached to an aromatic ring is 1. The van der Waals surface area contributed by atoms with Crippen molar-refractivity contribution in [1.82, 2.24) is 14.8 Å². The van der Waals surface area contributed by atoms with Gasteiger partial charge >= 0.3 is 0 Å². The van der Waals surface area contributed by atoms with Gasteiger partial charge in [-0.05, 0) is 12.1 Å². The van der Waals surface area contributed by atoms with E-state index in [1.165, 1.54) is 0 Å². The number of nitrogens with two attached hydrogens (primary N) is 1. The van der Waals surface area contributed by atoms with Crippen LogP contribution in [0.3, 0.4) is 0 Å². The molecule has 92 valence electrons. The lowest BCUT2D eigenvalue weighted by Crippen LogP contribution is -1.94. The Morgan fingerprint density at radius 3 is 2.89 bits per heavy atom. The molecule has 0 spiro atoms. The van der Waals surface area contributed by atoms with Gasteiger partial charge in [0, 0.05) is 13.1 Å². The lowest BCUT2D eigenvalue weighted by Gasteiger charge is -1.95. The summed E-state index contributed by atoms with van der Waals surface area (Å²) in [4.78, 5) is 4.35. The minimum Gasteiger partial charge on any atom is -0.481 e. The zero-order valence-electron chi connectivity index (χ0n) is 10.0. The molecule has 3 aromatic rings. The van der Waals surface area contributed by atoms with E-state index in [1.807, 2.05) is 12.1 Å². The minimum atomic E-state index is 0.432. The van der Waals surface area contributed by atoms with Crippen LogP contribution in [-0.2, 0) is 7.05 Å². The summed E-state index contributed by atoms with van der Waals surface area (Å²) in [7, 11) is 3.38. The topological polar surface area (TPSA) is 79.1 Å². The highest BCUT2D eigenvalue weighted by atomic mass is 16.5. The summed E-state index contributed by atoms with van der Waals surface area (Å²) in [6.07, 6.45) is 0. The van der Waals surface area contributed by atoms with Crippen LogP contribution in [0.15, 0.2) is 28.7 Å². The molecule has 18 heavy (non-hydrogen) atoms. The van der Waals surface area contributed by atoms with Gasteiger partial charge < -0.3 is 14.9 Å². The fraction of sp³-hybridized carbons (Fsp3) is 0.167. The number of hydrogen-bond acceptors (Lipinski definition) is 5. The van der Waals surface area contributed by atoms with Crippen molar-refractivity contribution < 1.29 is 9.15 Å². The molecule has 6 nitrogen and oxygen atoms in total. The molecule has 2 heterocycles. The fourth-order valence-electron chi connectivity index (χ4n) is 1.83. The SMILES string of the molecule is COc1cc(-c2nc3c(N)cccc3o2)nn1C. The quantitative estimate of drug-likeness (QED) is 0.695. The molecule has 0 aliphatic heterocycles. The first-order valence-electron chi connectivity index (χ1n) is 5.42. The van der Waals surface area contributed by atoms with Crippen molar-refractivity contribution in [2.45, 2.75) is 0 Å². The van der Waals surface area contributed by atoms with Gasteiger partial charge in [0.25, 0.3) is 0 Å². The molecule has 0 atom stereocenters. The van der Waals surface area contributed by atoms with Crippen molar-refractivity contribution in [3.63, 3.8) is 0 Å². The van der Waals surface area contributed by atoms with Crippen LogP contribution in [0, 0.1) is 0 Å². The molecule has 0 fully saturated rings. The smallest absolute Gasteiger partial charge is 0.248 e. The van der Waals surface area contributed by atoms with E-state index < -0.39 is 0 Å². The molecule has 0 saturated heterocycles. The number of methoxy groups -OCH3 is 1. The third-order valence-corrected chi connectivity index (χ3v) is 2.72. The van der Waals surface area contributed by atoms with Crippen LogP contribution in [0.4, 0.5) is 5.69 Å². The van der Waals surface area contributed by atoms with Gasteiger partial charge in [-0.1, -0.05) is 6.07 Å². The highest BCUT2D eigenvalue weighted by Gasteiger charge is 2.14. The maximum atomic E-state index is 5.84. The van der Waals surface area contributed by atoms with Crippen LogP contribution in [-0.4, -0.2) is 21.9 Å². The van der Waals surface area contributed by atoms with Gasteiger partial charge in [0.2, 0.25) is 11.8 Å². The van der Waals surface area contributed by atoms with E-state index in [1.54, 1.807) is 31.0 Å². The maximum Gasteiger partial charge on any atom is 0.248 e. The van der Waals surface area contributed by atoms with E-state index in [0.29, 0.717) is 34.3 Å². The minimum absolute atomic E-state index is 0.432. The van der Waals surface area contributed by atoms with E-state index in [2.05, 4.69) is 10.1 Å². The Morgan fingerprint density at radius 1 is 1.39 bits per heavy atom. The first kappa shape index (κ1) is 10.6. The molecule has 0 saturated carbocycles. The standard InChI is InChI=1S/C12H12N4O2/c1-16-10(17-2)6-8(15-16)12-14-11-7(13)4-3-5-9(11)18-12/h3-6H,13H2,1-2H3. The summed E-state index contributed by atoms with van der Waals surface area (Å²) in [5.41, 5.74) is 8.34. The second-order valence-corrected chi connectivity index (χ2v) is 3.91. The molecule has 1 aromatic carbocycles. The lowest BCUT2D eigenvalue weighted by molar-refractivity contribution is 0.373. The van der Waals surface area contributed by atoms with Gasteiger partial charge in [-0.25, -0.2) is 9.67 Å². The summed E-state index contributed by atoms with van der Waals surface area (Å²) in [5, 5.41) is 4.27. The zero-order valence-corrected chi connectivity index (χ0v) is 10.0. The number of benzene rings is 1. The predicted octanol–water partition coefficient (Wildman–Crippen LogP) is 1.82. The lowest BCUT2D eigenvalue weighted by atomic mass is 10.3. The highest BCUT2D eigenvalue weighted by molar-refractivity contribution is 5.86. The molecule has 0 amide bonds.